The molecule has 0 saturated heterocycles. The summed E-state index contributed by atoms with van der Waals surface area (Å²) in [6, 6.07) is 2.99. The van der Waals surface area contributed by atoms with Gasteiger partial charge in [0.2, 0.25) is 0 Å². The molecule has 1 rings (SSSR count). The topological polar surface area (TPSA) is 0 Å². The van der Waals surface area contributed by atoms with Crippen molar-refractivity contribution in [2.24, 2.45) is 0 Å². The van der Waals surface area contributed by atoms with Crippen LogP contribution in [0.15, 0.2) is 24.3 Å². The van der Waals surface area contributed by atoms with Crippen LogP contribution in [-0.2, 0) is 12.5 Å². The van der Waals surface area contributed by atoms with Gasteiger partial charge in [0, 0.05) is 0 Å². The largest absolute Gasteiger partial charge is 1.00 e. The third-order valence-electron chi connectivity index (χ3n) is 1.75. The summed E-state index contributed by atoms with van der Waals surface area (Å²) in [5.74, 6) is 0. The average molecular weight is 266 g/mol. The van der Waals surface area contributed by atoms with Gasteiger partial charge < -0.3 is 12.9 Å². The normalized spacial score (nSPS) is 12.1. The molecule has 0 amide bonds. The summed E-state index contributed by atoms with van der Waals surface area (Å²) in [5.41, 5.74) is -1.10. The molecule has 84 valence electrons. The Kier molecular flexibility index (Phi) is 6.09. The quantitative estimate of drug-likeness (QED) is 0.544. The van der Waals surface area contributed by atoms with Crippen molar-refractivity contribution in [1.82, 2.24) is 0 Å². The minimum Gasteiger partial charge on any atom is -0.449 e. The van der Waals surface area contributed by atoms with Gasteiger partial charge in [-0.1, -0.05) is 24.0 Å². The molecular formula is C8H6BF6K. The summed E-state index contributed by atoms with van der Waals surface area (Å²) < 4.78 is 71.9. The van der Waals surface area contributed by atoms with Gasteiger partial charge >= 0.3 is 64.5 Å². The van der Waals surface area contributed by atoms with Crippen LogP contribution in [0.2, 0.25) is 0 Å². The third kappa shape index (κ3) is 5.72. The average Bonchev–Trinajstić information content (AvgIpc) is 2.00. The molecule has 8 heteroatoms. The van der Waals surface area contributed by atoms with E-state index in [9.17, 15) is 26.1 Å². The van der Waals surface area contributed by atoms with Crippen molar-refractivity contribution in [1.29, 1.82) is 0 Å². The fourth-order valence-corrected chi connectivity index (χ4v) is 1.10. The summed E-state index contributed by atoms with van der Waals surface area (Å²) in [4.78, 5) is 0. The number of rotatable bonds is 2. The first kappa shape index (κ1) is 16.5. The molecule has 16 heavy (non-hydrogen) atoms. The molecule has 0 saturated carbocycles. The summed E-state index contributed by atoms with van der Waals surface area (Å²) >= 11 is 0. The maximum atomic E-state index is 12.0. The Morgan fingerprint density at radius 1 is 0.938 bits per heavy atom. The van der Waals surface area contributed by atoms with Crippen molar-refractivity contribution >= 4 is 6.98 Å². The van der Waals surface area contributed by atoms with E-state index >= 15 is 0 Å². The fourth-order valence-electron chi connectivity index (χ4n) is 1.10. The zero-order chi connectivity index (χ0) is 11.7. The van der Waals surface area contributed by atoms with Gasteiger partial charge in [-0.3, -0.25) is 0 Å². The molecule has 0 spiro atoms. The molecule has 0 unspecified atom stereocenters. The molecule has 1 aromatic rings. The predicted octanol–water partition coefficient (Wildman–Crippen LogP) is 0.639. The molecule has 0 heterocycles. The first-order valence-electron chi connectivity index (χ1n) is 4.05. The van der Waals surface area contributed by atoms with Crippen LogP contribution in [0.1, 0.15) is 11.1 Å². The van der Waals surface area contributed by atoms with Crippen LogP contribution in [0.3, 0.4) is 0 Å². The first-order chi connectivity index (χ1) is 6.68. The van der Waals surface area contributed by atoms with Gasteiger partial charge in [-0.2, -0.15) is 13.2 Å². The summed E-state index contributed by atoms with van der Waals surface area (Å²) in [6.45, 7) is -5.01. The molecule has 0 atom stereocenters. The Balaban J connectivity index is 0.00000225. The Morgan fingerprint density at radius 3 is 1.69 bits per heavy atom. The summed E-state index contributed by atoms with van der Waals surface area (Å²) in [6.07, 6.45) is -5.67. The molecular weight excluding hydrogens is 260 g/mol. The minimum absolute atomic E-state index is 0. The molecule has 0 aliphatic rings. The number of hydrogen-bond donors (Lipinski definition) is 0. The van der Waals surface area contributed by atoms with Crippen LogP contribution in [0.5, 0.6) is 0 Å². The molecule has 1 aromatic carbocycles. The fraction of sp³-hybridized carbons (Fsp3) is 0.250. The second kappa shape index (κ2) is 5.90. The Bertz CT molecular complexity index is 328. The van der Waals surface area contributed by atoms with E-state index in [1.54, 1.807) is 0 Å². The van der Waals surface area contributed by atoms with E-state index in [2.05, 4.69) is 0 Å². The monoisotopic (exact) mass is 266 g/mol. The first-order valence-corrected chi connectivity index (χ1v) is 4.05. The van der Waals surface area contributed by atoms with Gasteiger partial charge in [0.1, 0.15) is 0 Å². The van der Waals surface area contributed by atoms with E-state index in [0.29, 0.717) is 12.1 Å². The van der Waals surface area contributed by atoms with Crippen LogP contribution in [-0.4, -0.2) is 6.98 Å². The summed E-state index contributed by atoms with van der Waals surface area (Å²) in [7, 11) is 0. The molecule has 0 nitrogen and oxygen atoms in total. The zero-order valence-electron chi connectivity index (χ0n) is 8.36. The SMILES string of the molecule is F[B-](F)(F)Cc1ccc(C(F)(F)F)cc1.[K+]. The molecule has 0 aliphatic heterocycles. The van der Waals surface area contributed by atoms with Gasteiger partial charge in [-0.05, 0) is 12.1 Å². The predicted molar refractivity (Wildman–Crippen MR) is 44.2 cm³/mol. The Labute approximate surface area is 131 Å². The molecule has 0 radical (unpaired) electrons. The van der Waals surface area contributed by atoms with Crippen LogP contribution >= 0.6 is 0 Å². The second-order valence-electron chi connectivity index (χ2n) is 3.11. The molecule has 0 N–H and O–H groups in total. The van der Waals surface area contributed by atoms with E-state index in [1.807, 2.05) is 0 Å². The van der Waals surface area contributed by atoms with E-state index in [4.69, 9.17) is 0 Å². The Hall–Kier alpha value is 0.501. The van der Waals surface area contributed by atoms with Gasteiger partial charge in [0.25, 0.3) is 0 Å². The van der Waals surface area contributed by atoms with Gasteiger partial charge in [0.15, 0.2) is 0 Å². The van der Waals surface area contributed by atoms with Crippen molar-refractivity contribution in [2.75, 3.05) is 0 Å². The third-order valence-corrected chi connectivity index (χ3v) is 1.75. The molecule has 0 fully saturated rings. The van der Waals surface area contributed by atoms with Crippen molar-refractivity contribution in [3.63, 3.8) is 0 Å². The summed E-state index contributed by atoms with van der Waals surface area (Å²) in [5, 5.41) is 0. The number of alkyl halides is 3. The van der Waals surface area contributed by atoms with Crippen molar-refractivity contribution in [3.8, 4) is 0 Å². The van der Waals surface area contributed by atoms with Crippen molar-refractivity contribution in [2.45, 2.75) is 12.5 Å². The van der Waals surface area contributed by atoms with E-state index in [0.717, 1.165) is 12.1 Å². The van der Waals surface area contributed by atoms with E-state index in [-0.39, 0.29) is 56.9 Å². The van der Waals surface area contributed by atoms with Crippen LogP contribution in [0.4, 0.5) is 26.1 Å². The second-order valence-corrected chi connectivity index (χ2v) is 3.11. The maximum absolute atomic E-state index is 12.0. The molecule has 0 aromatic heterocycles. The van der Waals surface area contributed by atoms with E-state index < -0.39 is 25.0 Å². The maximum Gasteiger partial charge on any atom is 1.00 e. The number of hydrogen-bond acceptors (Lipinski definition) is 0. The van der Waals surface area contributed by atoms with Crippen LogP contribution in [0, 0.1) is 0 Å². The van der Waals surface area contributed by atoms with Crippen molar-refractivity contribution in [3.05, 3.63) is 35.4 Å². The van der Waals surface area contributed by atoms with Crippen LogP contribution < -0.4 is 51.4 Å². The molecule has 0 bridgehead atoms. The minimum atomic E-state index is -5.01. The molecule has 0 aliphatic carbocycles. The number of benzene rings is 1. The van der Waals surface area contributed by atoms with Crippen molar-refractivity contribution < 1.29 is 77.5 Å². The van der Waals surface area contributed by atoms with Crippen LogP contribution in [0.25, 0.3) is 0 Å². The van der Waals surface area contributed by atoms with Gasteiger partial charge in [-0.25, -0.2) is 0 Å². The van der Waals surface area contributed by atoms with E-state index in [1.165, 1.54) is 0 Å². The number of halogens is 6. The zero-order valence-corrected chi connectivity index (χ0v) is 11.5. The smallest absolute Gasteiger partial charge is 0.449 e. The standard InChI is InChI=1S/C8H6BF6.K/c10-8(11,12)7-3-1-6(2-4-7)5-9(13,14)15;/h1-4H,5H2;/q-1;+1. The van der Waals surface area contributed by atoms with Gasteiger partial charge in [-0.15, -0.1) is 0 Å². The Morgan fingerprint density at radius 2 is 1.38 bits per heavy atom. The van der Waals surface area contributed by atoms with Gasteiger partial charge in [0.05, 0.1) is 5.56 Å².